The lowest BCUT2D eigenvalue weighted by Gasteiger charge is -2.23. The van der Waals surface area contributed by atoms with Gasteiger partial charge in [-0.3, -0.25) is 9.59 Å². The lowest BCUT2D eigenvalue weighted by atomic mass is 10.00. The fourth-order valence-electron chi connectivity index (χ4n) is 4.15. The van der Waals surface area contributed by atoms with Crippen molar-refractivity contribution in [2.24, 2.45) is 0 Å². The summed E-state index contributed by atoms with van der Waals surface area (Å²) in [5.41, 5.74) is 2.74. The van der Waals surface area contributed by atoms with Crippen LogP contribution in [0.1, 0.15) is 33.4 Å². The standard InChI is InChI=1S/C28H23NO5S/c1-18-6-2-3-7-20(18)17-34-21-12-10-19(11-13-21)26(30)24-25(23-9-5-15-35-23)29(28(32)27(24)31)16-22-8-4-14-33-22/h2-15,25,30H,16-17H2,1H3/b26-24-. The summed E-state index contributed by atoms with van der Waals surface area (Å²) in [7, 11) is 0. The second-order valence-corrected chi connectivity index (χ2v) is 9.24. The van der Waals surface area contributed by atoms with Crippen LogP contribution in [-0.4, -0.2) is 21.7 Å². The molecule has 0 bridgehead atoms. The van der Waals surface area contributed by atoms with Crippen LogP contribution in [0.4, 0.5) is 0 Å². The van der Waals surface area contributed by atoms with Gasteiger partial charge >= 0.3 is 0 Å². The van der Waals surface area contributed by atoms with Crippen LogP contribution in [0.2, 0.25) is 0 Å². The molecular formula is C28H23NO5S. The van der Waals surface area contributed by atoms with E-state index in [0.29, 0.717) is 23.7 Å². The van der Waals surface area contributed by atoms with Gasteiger partial charge in [0.05, 0.1) is 18.4 Å². The van der Waals surface area contributed by atoms with Gasteiger partial charge in [-0.05, 0) is 65.9 Å². The number of aliphatic hydroxyl groups is 1. The molecule has 1 atom stereocenters. The Labute approximate surface area is 206 Å². The van der Waals surface area contributed by atoms with E-state index in [9.17, 15) is 14.7 Å². The van der Waals surface area contributed by atoms with E-state index in [4.69, 9.17) is 9.15 Å². The number of rotatable bonds is 7. The van der Waals surface area contributed by atoms with Gasteiger partial charge in [0.1, 0.15) is 29.9 Å². The molecule has 1 N–H and O–H groups in total. The first-order valence-electron chi connectivity index (χ1n) is 11.1. The lowest BCUT2D eigenvalue weighted by Crippen LogP contribution is -2.28. The Morgan fingerprint density at radius 2 is 1.83 bits per heavy atom. The highest BCUT2D eigenvalue weighted by Gasteiger charge is 2.46. The first-order valence-corrected chi connectivity index (χ1v) is 12.0. The SMILES string of the molecule is Cc1ccccc1COc1ccc(/C(O)=C2/C(=O)C(=O)N(Cc3ccco3)C2c2cccs2)cc1. The van der Waals surface area contributed by atoms with Crippen molar-refractivity contribution >= 4 is 28.8 Å². The van der Waals surface area contributed by atoms with E-state index in [-0.39, 0.29) is 17.9 Å². The average Bonchev–Trinajstić information content (AvgIpc) is 3.63. The fourth-order valence-corrected chi connectivity index (χ4v) is 5.00. The topological polar surface area (TPSA) is 80.0 Å². The van der Waals surface area contributed by atoms with E-state index in [1.807, 2.05) is 48.7 Å². The van der Waals surface area contributed by atoms with Gasteiger partial charge in [0.2, 0.25) is 0 Å². The Hall–Kier alpha value is -4.10. The summed E-state index contributed by atoms with van der Waals surface area (Å²) < 4.78 is 11.3. The molecule has 0 radical (unpaired) electrons. The number of ether oxygens (including phenoxy) is 1. The van der Waals surface area contributed by atoms with Crippen LogP contribution in [-0.2, 0) is 22.7 Å². The van der Waals surface area contributed by atoms with Gasteiger partial charge in [0, 0.05) is 10.4 Å². The molecule has 3 heterocycles. The molecule has 0 spiro atoms. The van der Waals surface area contributed by atoms with Gasteiger partial charge in [-0.25, -0.2) is 0 Å². The summed E-state index contributed by atoms with van der Waals surface area (Å²) in [5.74, 6) is -0.400. The Bertz CT molecular complexity index is 1370. The Morgan fingerprint density at radius 1 is 1.03 bits per heavy atom. The molecule has 2 aromatic carbocycles. The van der Waals surface area contributed by atoms with Crippen LogP contribution < -0.4 is 4.74 Å². The second kappa shape index (κ2) is 9.64. The molecule has 5 rings (SSSR count). The normalized spacial score (nSPS) is 17.2. The quantitative estimate of drug-likeness (QED) is 0.202. The van der Waals surface area contributed by atoms with Crippen LogP contribution in [0.5, 0.6) is 5.75 Å². The summed E-state index contributed by atoms with van der Waals surface area (Å²) in [6.07, 6.45) is 1.52. The highest BCUT2D eigenvalue weighted by Crippen LogP contribution is 2.42. The van der Waals surface area contributed by atoms with Crippen molar-refractivity contribution in [3.8, 4) is 5.75 Å². The Balaban J connectivity index is 1.44. The van der Waals surface area contributed by atoms with Crippen LogP contribution in [0, 0.1) is 6.92 Å². The van der Waals surface area contributed by atoms with Gasteiger partial charge < -0.3 is 19.2 Å². The predicted octanol–water partition coefficient (Wildman–Crippen LogP) is 5.85. The number of aliphatic hydroxyl groups excluding tert-OH is 1. The number of aryl methyl sites for hydroxylation is 1. The molecule has 35 heavy (non-hydrogen) atoms. The summed E-state index contributed by atoms with van der Waals surface area (Å²) in [5, 5.41) is 13.1. The van der Waals surface area contributed by atoms with Crippen molar-refractivity contribution in [1.29, 1.82) is 0 Å². The third-order valence-electron chi connectivity index (χ3n) is 6.04. The lowest BCUT2D eigenvalue weighted by molar-refractivity contribution is -0.140. The van der Waals surface area contributed by atoms with Crippen molar-refractivity contribution in [2.45, 2.75) is 26.1 Å². The molecular weight excluding hydrogens is 462 g/mol. The number of ketones is 1. The number of benzene rings is 2. The molecule has 1 aliphatic heterocycles. The van der Waals surface area contributed by atoms with Crippen molar-refractivity contribution in [3.05, 3.63) is 117 Å². The van der Waals surface area contributed by atoms with Gasteiger partial charge in [-0.2, -0.15) is 0 Å². The van der Waals surface area contributed by atoms with Crippen molar-refractivity contribution in [2.75, 3.05) is 0 Å². The van der Waals surface area contributed by atoms with E-state index in [0.717, 1.165) is 16.0 Å². The number of Topliss-reactive ketones (excluding diaryl/α,β-unsaturated/α-hetero) is 1. The highest BCUT2D eigenvalue weighted by molar-refractivity contribution is 7.10. The largest absolute Gasteiger partial charge is 0.507 e. The number of hydrogen-bond donors (Lipinski definition) is 1. The molecule has 1 amide bonds. The molecule has 1 unspecified atom stereocenters. The number of carbonyl (C=O) groups is 2. The second-order valence-electron chi connectivity index (χ2n) is 8.26. The molecule has 6 nitrogen and oxygen atoms in total. The maximum Gasteiger partial charge on any atom is 0.296 e. The summed E-state index contributed by atoms with van der Waals surface area (Å²) in [6, 6.07) is 21.4. The maximum atomic E-state index is 13.1. The molecule has 2 aromatic heterocycles. The van der Waals surface area contributed by atoms with Crippen LogP contribution >= 0.6 is 11.3 Å². The van der Waals surface area contributed by atoms with E-state index < -0.39 is 17.7 Å². The van der Waals surface area contributed by atoms with E-state index >= 15 is 0 Å². The van der Waals surface area contributed by atoms with Crippen LogP contribution in [0.25, 0.3) is 5.76 Å². The average molecular weight is 486 g/mol. The zero-order valence-corrected chi connectivity index (χ0v) is 19.8. The number of thiophene rings is 1. The van der Waals surface area contributed by atoms with E-state index in [2.05, 4.69) is 0 Å². The first kappa shape index (κ1) is 22.7. The van der Waals surface area contributed by atoms with Gasteiger partial charge in [0.25, 0.3) is 11.7 Å². The number of hydrogen-bond acceptors (Lipinski definition) is 6. The summed E-state index contributed by atoms with van der Waals surface area (Å²) in [6.45, 7) is 2.59. The van der Waals surface area contributed by atoms with Gasteiger partial charge in [-0.15, -0.1) is 11.3 Å². The Morgan fingerprint density at radius 3 is 2.51 bits per heavy atom. The highest BCUT2D eigenvalue weighted by atomic mass is 32.1. The Kier molecular flexibility index (Phi) is 6.25. The van der Waals surface area contributed by atoms with E-state index in [1.54, 1.807) is 36.4 Å². The monoisotopic (exact) mass is 485 g/mol. The van der Waals surface area contributed by atoms with Gasteiger partial charge in [0.15, 0.2) is 0 Å². The van der Waals surface area contributed by atoms with Crippen LogP contribution in [0.3, 0.4) is 0 Å². The zero-order valence-electron chi connectivity index (χ0n) is 19.0. The molecule has 7 heteroatoms. The minimum Gasteiger partial charge on any atom is -0.507 e. The molecule has 176 valence electrons. The smallest absolute Gasteiger partial charge is 0.296 e. The third-order valence-corrected chi connectivity index (χ3v) is 6.97. The number of likely N-dealkylation sites (tertiary alicyclic amines) is 1. The van der Waals surface area contributed by atoms with Crippen molar-refractivity contribution in [3.63, 3.8) is 0 Å². The van der Waals surface area contributed by atoms with Crippen molar-refractivity contribution in [1.82, 2.24) is 4.90 Å². The molecule has 0 aliphatic carbocycles. The first-order chi connectivity index (χ1) is 17.0. The minimum absolute atomic E-state index is 0.0672. The van der Waals surface area contributed by atoms with Crippen LogP contribution in [0.15, 0.2) is 94.4 Å². The molecule has 1 fully saturated rings. The number of furan rings is 1. The predicted molar refractivity (Wildman–Crippen MR) is 133 cm³/mol. The molecule has 1 saturated heterocycles. The molecule has 1 aliphatic rings. The summed E-state index contributed by atoms with van der Waals surface area (Å²) in [4.78, 5) is 28.3. The number of amides is 1. The summed E-state index contributed by atoms with van der Waals surface area (Å²) >= 11 is 1.42. The fraction of sp³-hybridized carbons (Fsp3) is 0.143. The molecule has 4 aromatic rings. The number of nitrogens with zero attached hydrogens (tertiary/aromatic N) is 1. The van der Waals surface area contributed by atoms with Crippen molar-refractivity contribution < 1.29 is 23.8 Å². The van der Waals surface area contributed by atoms with Gasteiger partial charge in [-0.1, -0.05) is 30.3 Å². The number of carbonyl (C=O) groups excluding carboxylic acids is 2. The minimum atomic E-state index is -0.715. The molecule has 0 saturated carbocycles. The zero-order chi connectivity index (χ0) is 24.4. The third kappa shape index (κ3) is 4.50. The van der Waals surface area contributed by atoms with E-state index in [1.165, 1.54) is 22.5 Å². The maximum absolute atomic E-state index is 13.1.